The van der Waals surface area contributed by atoms with Crippen molar-refractivity contribution in [2.24, 2.45) is 5.92 Å². The number of aromatic amines is 1. The lowest BCUT2D eigenvalue weighted by Crippen LogP contribution is -2.50. The number of nitrogens with zero attached hydrogens (tertiary/aromatic N) is 2. The van der Waals surface area contributed by atoms with Gasteiger partial charge in [-0.2, -0.15) is 11.8 Å². The summed E-state index contributed by atoms with van der Waals surface area (Å²) in [5, 5.41) is 3.19. The molecule has 162 valence electrons. The van der Waals surface area contributed by atoms with Gasteiger partial charge in [-0.25, -0.2) is 4.98 Å². The Morgan fingerprint density at radius 2 is 1.94 bits per heavy atom. The molecule has 2 amide bonds. The van der Waals surface area contributed by atoms with Crippen LogP contribution in [0.1, 0.15) is 48.1 Å². The summed E-state index contributed by atoms with van der Waals surface area (Å²) in [6.07, 6.45) is 2.81. The minimum Gasteiger partial charge on any atom is -0.344 e. The van der Waals surface area contributed by atoms with Crippen LogP contribution in [-0.2, 0) is 11.3 Å². The normalized spacial score (nSPS) is 15.4. The van der Waals surface area contributed by atoms with E-state index in [2.05, 4.69) is 16.6 Å². The molecule has 2 N–H and O–H groups in total. The standard InChI is InChI=1S/C24H28N4O2S/c1-15(2)21(28-14-16-8-4-5-9-17(16)24(28)30)23(29)27-20(12-13-31-3)22-25-18-10-6-7-11-19(18)26-22/h4-11,15,20-21H,12-14H2,1-3H3,(H,25,26)(H,27,29)/t20-,21+/m1/s1. The fraction of sp³-hybridized carbons (Fsp3) is 0.375. The van der Waals surface area contributed by atoms with Crippen molar-refractivity contribution in [2.75, 3.05) is 12.0 Å². The van der Waals surface area contributed by atoms with Gasteiger partial charge in [0.15, 0.2) is 0 Å². The first kappa shape index (κ1) is 21.4. The number of rotatable bonds is 8. The van der Waals surface area contributed by atoms with E-state index in [1.54, 1.807) is 16.7 Å². The average Bonchev–Trinajstić information content (AvgIpc) is 3.33. The number of para-hydroxylation sites is 2. The van der Waals surface area contributed by atoms with Crippen molar-refractivity contribution >= 4 is 34.6 Å². The van der Waals surface area contributed by atoms with Gasteiger partial charge in [-0.1, -0.05) is 44.2 Å². The molecule has 1 aliphatic heterocycles. The predicted molar refractivity (Wildman–Crippen MR) is 125 cm³/mol. The summed E-state index contributed by atoms with van der Waals surface area (Å²) in [5.74, 6) is 1.41. The molecule has 0 bridgehead atoms. The first-order chi connectivity index (χ1) is 15.0. The summed E-state index contributed by atoms with van der Waals surface area (Å²) in [4.78, 5) is 36.3. The minimum absolute atomic E-state index is 0.0184. The molecule has 0 aliphatic carbocycles. The van der Waals surface area contributed by atoms with Crippen LogP contribution in [0.15, 0.2) is 48.5 Å². The predicted octanol–water partition coefficient (Wildman–Crippen LogP) is 4.15. The number of carbonyl (C=O) groups excluding carboxylic acids is 2. The van der Waals surface area contributed by atoms with E-state index >= 15 is 0 Å². The topological polar surface area (TPSA) is 78.1 Å². The summed E-state index contributed by atoms with van der Waals surface area (Å²) < 4.78 is 0. The second-order valence-electron chi connectivity index (χ2n) is 8.26. The van der Waals surface area contributed by atoms with E-state index in [1.165, 1.54) is 0 Å². The van der Waals surface area contributed by atoms with Crippen molar-refractivity contribution in [3.05, 3.63) is 65.5 Å². The highest BCUT2D eigenvalue weighted by atomic mass is 32.2. The number of thioether (sulfide) groups is 1. The number of nitrogens with one attached hydrogen (secondary N) is 2. The zero-order valence-electron chi connectivity index (χ0n) is 18.1. The quantitative estimate of drug-likeness (QED) is 0.556. The molecular weight excluding hydrogens is 408 g/mol. The van der Waals surface area contributed by atoms with Gasteiger partial charge in [0.2, 0.25) is 5.91 Å². The fourth-order valence-electron chi connectivity index (χ4n) is 4.21. The average molecular weight is 437 g/mol. The molecule has 2 atom stereocenters. The van der Waals surface area contributed by atoms with Crippen LogP contribution >= 0.6 is 11.8 Å². The number of aromatic nitrogens is 2. The molecule has 0 saturated heterocycles. The molecule has 7 heteroatoms. The summed E-state index contributed by atoms with van der Waals surface area (Å²) in [6.45, 7) is 4.43. The molecule has 1 aliphatic rings. The van der Waals surface area contributed by atoms with Crippen LogP contribution in [0.2, 0.25) is 0 Å². The molecule has 0 radical (unpaired) electrons. The maximum Gasteiger partial charge on any atom is 0.255 e. The van der Waals surface area contributed by atoms with E-state index in [0.29, 0.717) is 12.1 Å². The minimum atomic E-state index is -0.541. The van der Waals surface area contributed by atoms with E-state index in [4.69, 9.17) is 4.98 Å². The fourth-order valence-corrected chi connectivity index (χ4v) is 4.68. The largest absolute Gasteiger partial charge is 0.344 e. The zero-order chi connectivity index (χ0) is 22.0. The Bertz CT molecular complexity index is 1060. The van der Waals surface area contributed by atoms with Crippen LogP contribution in [0.25, 0.3) is 11.0 Å². The Kier molecular flexibility index (Phi) is 6.32. The van der Waals surface area contributed by atoms with Gasteiger partial charge >= 0.3 is 0 Å². The van der Waals surface area contributed by atoms with E-state index in [1.807, 2.05) is 62.4 Å². The Hall–Kier alpha value is -2.80. The third-order valence-corrected chi connectivity index (χ3v) is 6.39. The third kappa shape index (κ3) is 4.32. The van der Waals surface area contributed by atoms with Crippen molar-refractivity contribution < 1.29 is 9.59 Å². The van der Waals surface area contributed by atoms with Gasteiger partial charge in [0.25, 0.3) is 5.91 Å². The van der Waals surface area contributed by atoms with Crippen LogP contribution in [0.3, 0.4) is 0 Å². The zero-order valence-corrected chi connectivity index (χ0v) is 18.9. The van der Waals surface area contributed by atoms with Crippen molar-refractivity contribution in [1.29, 1.82) is 0 Å². The summed E-state index contributed by atoms with van der Waals surface area (Å²) in [7, 11) is 0. The molecule has 3 aromatic rings. The Labute approximate surface area is 186 Å². The smallest absolute Gasteiger partial charge is 0.255 e. The molecule has 0 fully saturated rings. The van der Waals surface area contributed by atoms with E-state index in [9.17, 15) is 9.59 Å². The SMILES string of the molecule is CSCC[C@@H](NC(=O)[C@H](C(C)C)N1Cc2ccccc2C1=O)c1nc2ccccc2[nH]1. The van der Waals surface area contributed by atoms with E-state index in [0.717, 1.165) is 34.6 Å². The summed E-state index contributed by atoms with van der Waals surface area (Å²) in [5.41, 5.74) is 3.50. The first-order valence-corrected chi connectivity index (χ1v) is 12.0. The Balaban J connectivity index is 1.58. The van der Waals surface area contributed by atoms with Crippen LogP contribution in [-0.4, -0.2) is 44.7 Å². The van der Waals surface area contributed by atoms with Crippen LogP contribution in [0.4, 0.5) is 0 Å². The summed E-state index contributed by atoms with van der Waals surface area (Å²) >= 11 is 1.73. The molecule has 4 rings (SSSR count). The molecule has 2 aromatic carbocycles. The number of imidazole rings is 1. The van der Waals surface area contributed by atoms with Crippen molar-refractivity contribution in [1.82, 2.24) is 20.2 Å². The number of hydrogen-bond donors (Lipinski definition) is 2. The highest BCUT2D eigenvalue weighted by Gasteiger charge is 2.38. The van der Waals surface area contributed by atoms with Gasteiger partial charge < -0.3 is 15.2 Å². The number of amides is 2. The first-order valence-electron chi connectivity index (χ1n) is 10.6. The molecule has 0 spiro atoms. The third-order valence-electron chi connectivity index (χ3n) is 5.75. The van der Waals surface area contributed by atoms with Gasteiger partial charge in [0.1, 0.15) is 11.9 Å². The number of fused-ring (bicyclic) bond motifs is 2. The van der Waals surface area contributed by atoms with Gasteiger partial charge in [0.05, 0.1) is 17.1 Å². The van der Waals surface area contributed by atoms with Gasteiger partial charge in [-0.15, -0.1) is 0 Å². The van der Waals surface area contributed by atoms with Gasteiger partial charge in [-0.05, 0) is 48.1 Å². The van der Waals surface area contributed by atoms with Crippen LogP contribution < -0.4 is 5.32 Å². The van der Waals surface area contributed by atoms with Crippen LogP contribution in [0, 0.1) is 5.92 Å². The molecule has 0 saturated carbocycles. The number of benzene rings is 2. The Morgan fingerprint density at radius 3 is 2.65 bits per heavy atom. The van der Waals surface area contributed by atoms with Crippen molar-refractivity contribution in [2.45, 2.75) is 38.9 Å². The second-order valence-corrected chi connectivity index (χ2v) is 9.25. The molecule has 31 heavy (non-hydrogen) atoms. The van der Waals surface area contributed by atoms with E-state index in [-0.39, 0.29) is 23.8 Å². The molecule has 1 aromatic heterocycles. The number of hydrogen-bond acceptors (Lipinski definition) is 4. The van der Waals surface area contributed by atoms with Crippen LogP contribution in [0.5, 0.6) is 0 Å². The highest BCUT2D eigenvalue weighted by Crippen LogP contribution is 2.28. The van der Waals surface area contributed by atoms with Gasteiger partial charge in [0, 0.05) is 12.1 Å². The molecule has 6 nitrogen and oxygen atoms in total. The van der Waals surface area contributed by atoms with Crippen molar-refractivity contribution in [3.8, 4) is 0 Å². The number of carbonyl (C=O) groups is 2. The highest BCUT2D eigenvalue weighted by molar-refractivity contribution is 7.98. The van der Waals surface area contributed by atoms with Crippen molar-refractivity contribution in [3.63, 3.8) is 0 Å². The maximum absolute atomic E-state index is 13.5. The van der Waals surface area contributed by atoms with Gasteiger partial charge in [-0.3, -0.25) is 9.59 Å². The molecular formula is C24H28N4O2S. The molecule has 2 heterocycles. The lowest BCUT2D eigenvalue weighted by Gasteiger charge is -2.31. The molecule has 0 unspecified atom stereocenters. The monoisotopic (exact) mass is 436 g/mol. The van der Waals surface area contributed by atoms with E-state index < -0.39 is 6.04 Å². The maximum atomic E-state index is 13.5. The Morgan fingerprint density at radius 1 is 1.19 bits per heavy atom. The lowest BCUT2D eigenvalue weighted by molar-refractivity contribution is -0.128. The lowest BCUT2D eigenvalue weighted by atomic mass is 10.0. The second kappa shape index (κ2) is 9.14. The summed E-state index contributed by atoms with van der Waals surface area (Å²) in [6, 6.07) is 14.7. The number of H-pyrrole nitrogens is 1.